The van der Waals surface area contributed by atoms with Gasteiger partial charge in [0.15, 0.2) is 0 Å². The molecule has 0 saturated heterocycles. The normalized spacial score (nSPS) is 11.2. The zero-order valence-electron chi connectivity index (χ0n) is 19.1. The summed E-state index contributed by atoms with van der Waals surface area (Å²) in [6, 6.07) is 18.4. The number of urea groups is 1. The summed E-state index contributed by atoms with van der Waals surface area (Å²) >= 11 is 0. The average molecular weight is 442 g/mol. The van der Waals surface area contributed by atoms with E-state index in [-0.39, 0.29) is 11.4 Å². The molecule has 0 atom stereocenters. The number of methoxy groups -OCH3 is 1. The van der Waals surface area contributed by atoms with Crippen molar-refractivity contribution in [3.05, 3.63) is 78.9 Å². The maximum absolute atomic E-state index is 12.5. The number of ether oxygens (including phenoxy) is 1. The van der Waals surface area contributed by atoms with Gasteiger partial charge in [0.05, 0.1) is 18.5 Å². The van der Waals surface area contributed by atoms with Crippen LogP contribution in [0.1, 0.15) is 26.6 Å². The van der Waals surface area contributed by atoms with Crippen molar-refractivity contribution in [3.63, 3.8) is 0 Å². The topological polar surface area (TPSA) is 91.9 Å². The Hall–Kier alpha value is -4.13. The van der Waals surface area contributed by atoms with Gasteiger partial charge in [0, 0.05) is 40.3 Å². The van der Waals surface area contributed by atoms with E-state index in [1.165, 1.54) is 0 Å². The van der Waals surface area contributed by atoms with Gasteiger partial charge in [-0.2, -0.15) is 0 Å². The molecule has 0 bridgehead atoms. The number of carbonyl (C=O) groups excluding carboxylic acids is 1. The zero-order valence-corrected chi connectivity index (χ0v) is 19.1. The Morgan fingerprint density at radius 2 is 1.61 bits per heavy atom. The summed E-state index contributed by atoms with van der Waals surface area (Å²) in [6.07, 6.45) is 3.52. The van der Waals surface area contributed by atoms with Crippen molar-refractivity contribution in [1.82, 2.24) is 15.0 Å². The molecule has 3 N–H and O–H groups in total. The minimum Gasteiger partial charge on any atom is -0.497 e. The van der Waals surface area contributed by atoms with Crippen LogP contribution in [0.2, 0.25) is 0 Å². The zero-order chi connectivity index (χ0) is 23.4. The lowest BCUT2D eigenvalue weighted by atomic mass is 9.96. The monoisotopic (exact) mass is 441 g/mol. The molecule has 2 heterocycles. The number of imidazole rings is 1. The third-order valence-corrected chi connectivity index (χ3v) is 5.12. The van der Waals surface area contributed by atoms with E-state index in [1.807, 2.05) is 36.4 Å². The van der Waals surface area contributed by atoms with Gasteiger partial charge in [-0.05, 0) is 48.5 Å². The number of H-pyrrole nitrogens is 1. The van der Waals surface area contributed by atoms with Gasteiger partial charge in [-0.15, -0.1) is 0 Å². The van der Waals surface area contributed by atoms with Crippen LogP contribution in [0, 0.1) is 0 Å². The summed E-state index contributed by atoms with van der Waals surface area (Å²) in [6.45, 7) is 6.36. The Bertz CT molecular complexity index is 1240. The second kappa shape index (κ2) is 9.16. The first kappa shape index (κ1) is 22.1. The first-order valence-electron chi connectivity index (χ1n) is 10.7. The maximum Gasteiger partial charge on any atom is 0.323 e. The first-order valence-corrected chi connectivity index (χ1v) is 10.7. The number of rotatable bonds is 5. The Kier molecular flexibility index (Phi) is 6.13. The lowest BCUT2D eigenvalue weighted by Gasteiger charge is -2.14. The number of nitrogens with one attached hydrogen (secondary N) is 3. The van der Waals surface area contributed by atoms with E-state index in [2.05, 4.69) is 41.4 Å². The third-order valence-electron chi connectivity index (χ3n) is 5.12. The molecule has 0 saturated carbocycles. The van der Waals surface area contributed by atoms with Crippen LogP contribution < -0.4 is 15.4 Å². The van der Waals surface area contributed by atoms with Crippen LogP contribution >= 0.6 is 0 Å². The highest BCUT2D eigenvalue weighted by atomic mass is 16.5. The molecule has 0 spiro atoms. The molecule has 7 nitrogen and oxygen atoms in total. The van der Waals surface area contributed by atoms with Crippen LogP contribution in [0.3, 0.4) is 0 Å². The Morgan fingerprint density at radius 3 is 2.27 bits per heavy atom. The van der Waals surface area contributed by atoms with Crippen molar-refractivity contribution < 1.29 is 9.53 Å². The van der Waals surface area contributed by atoms with Gasteiger partial charge in [-0.1, -0.05) is 32.9 Å². The van der Waals surface area contributed by atoms with Crippen LogP contribution in [0.5, 0.6) is 5.75 Å². The predicted molar refractivity (Wildman–Crippen MR) is 132 cm³/mol. The van der Waals surface area contributed by atoms with Crippen LogP contribution in [-0.2, 0) is 5.41 Å². The number of carbonyl (C=O) groups is 1. The number of benzene rings is 2. The van der Waals surface area contributed by atoms with Gasteiger partial charge in [0.2, 0.25) is 0 Å². The van der Waals surface area contributed by atoms with Gasteiger partial charge < -0.3 is 20.4 Å². The van der Waals surface area contributed by atoms with E-state index in [0.29, 0.717) is 11.4 Å². The van der Waals surface area contributed by atoms with E-state index in [1.54, 1.807) is 43.8 Å². The Morgan fingerprint density at radius 1 is 0.909 bits per heavy atom. The fraction of sp³-hybridized carbons (Fsp3) is 0.192. The molecule has 0 aliphatic heterocycles. The van der Waals surface area contributed by atoms with Gasteiger partial charge in [0.1, 0.15) is 11.6 Å². The summed E-state index contributed by atoms with van der Waals surface area (Å²) in [5, 5.41) is 5.72. The number of hydrogen-bond donors (Lipinski definition) is 3. The fourth-order valence-electron chi connectivity index (χ4n) is 3.38. The first-order chi connectivity index (χ1) is 15.8. The largest absolute Gasteiger partial charge is 0.497 e. The maximum atomic E-state index is 12.5. The SMILES string of the molecule is COc1ccc(NC(=O)Nc2cccc(-c3nc(C(C)(C)C)[nH]c3-c3ccncc3)c2)cc1. The average Bonchev–Trinajstić information content (AvgIpc) is 3.27. The van der Waals surface area contributed by atoms with Crippen LogP contribution in [0.15, 0.2) is 73.1 Å². The second-order valence-electron chi connectivity index (χ2n) is 8.68. The lowest BCUT2D eigenvalue weighted by Crippen LogP contribution is -2.19. The molecule has 4 aromatic rings. The van der Waals surface area contributed by atoms with Crippen molar-refractivity contribution in [1.29, 1.82) is 0 Å². The molecule has 2 amide bonds. The Labute approximate surface area is 193 Å². The number of pyridine rings is 1. The third kappa shape index (κ3) is 5.20. The number of aromatic amines is 1. The number of amides is 2. The van der Waals surface area contributed by atoms with Crippen molar-refractivity contribution in [2.24, 2.45) is 0 Å². The molecule has 4 rings (SSSR count). The van der Waals surface area contributed by atoms with E-state index in [4.69, 9.17) is 9.72 Å². The quantitative estimate of drug-likeness (QED) is 0.349. The number of anilines is 2. The van der Waals surface area contributed by atoms with Crippen molar-refractivity contribution in [3.8, 4) is 28.3 Å². The fourth-order valence-corrected chi connectivity index (χ4v) is 3.38. The lowest BCUT2D eigenvalue weighted by molar-refractivity contribution is 0.262. The molecule has 0 aliphatic rings. The molecule has 33 heavy (non-hydrogen) atoms. The minimum absolute atomic E-state index is 0.145. The molecular weight excluding hydrogens is 414 g/mol. The van der Waals surface area contributed by atoms with Crippen LogP contribution in [-0.4, -0.2) is 28.1 Å². The van der Waals surface area contributed by atoms with Crippen molar-refractivity contribution in [2.45, 2.75) is 26.2 Å². The highest BCUT2D eigenvalue weighted by molar-refractivity contribution is 6.00. The number of hydrogen-bond acceptors (Lipinski definition) is 4. The number of nitrogens with zero attached hydrogens (tertiary/aromatic N) is 2. The molecular formula is C26H27N5O2. The molecule has 2 aromatic heterocycles. The van der Waals surface area contributed by atoms with E-state index in [0.717, 1.165) is 34.1 Å². The summed E-state index contributed by atoms with van der Waals surface area (Å²) < 4.78 is 5.15. The molecule has 7 heteroatoms. The van der Waals surface area contributed by atoms with Crippen LogP contribution in [0.4, 0.5) is 16.2 Å². The van der Waals surface area contributed by atoms with Crippen LogP contribution in [0.25, 0.3) is 22.5 Å². The summed E-state index contributed by atoms with van der Waals surface area (Å²) in [7, 11) is 1.60. The van der Waals surface area contributed by atoms with Gasteiger partial charge >= 0.3 is 6.03 Å². The highest BCUT2D eigenvalue weighted by Gasteiger charge is 2.22. The summed E-state index contributed by atoms with van der Waals surface area (Å²) in [5.41, 5.74) is 4.83. The molecule has 2 aromatic carbocycles. The number of aromatic nitrogens is 3. The minimum atomic E-state index is -0.330. The van der Waals surface area contributed by atoms with Crippen molar-refractivity contribution in [2.75, 3.05) is 17.7 Å². The molecule has 0 unspecified atom stereocenters. The summed E-state index contributed by atoms with van der Waals surface area (Å²) in [5.74, 6) is 1.62. The van der Waals surface area contributed by atoms with Crippen molar-refractivity contribution >= 4 is 17.4 Å². The van der Waals surface area contributed by atoms with E-state index in [9.17, 15) is 4.79 Å². The predicted octanol–water partition coefficient (Wildman–Crippen LogP) is 6.09. The Balaban J connectivity index is 1.60. The molecule has 0 aliphatic carbocycles. The summed E-state index contributed by atoms with van der Waals surface area (Å²) in [4.78, 5) is 25.1. The molecule has 168 valence electrons. The highest BCUT2D eigenvalue weighted by Crippen LogP contribution is 2.34. The second-order valence-corrected chi connectivity index (χ2v) is 8.68. The van der Waals surface area contributed by atoms with Gasteiger partial charge in [-0.3, -0.25) is 4.98 Å². The molecule has 0 fully saturated rings. The van der Waals surface area contributed by atoms with Gasteiger partial charge in [0.25, 0.3) is 0 Å². The standard InChI is InChI=1S/C26H27N5O2/c1-26(2,3)24-30-22(17-12-14-27-15-13-17)23(31-24)18-6-5-7-20(16-18)29-25(32)28-19-8-10-21(33-4)11-9-19/h5-16H,1-4H3,(H,30,31)(H2,28,29,32). The van der Waals surface area contributed by atoms with Gasteiger partial charge in [-0.25, -0.2) is 9.78 Å². The van der Waals surface area contributed by atoms with E-state index >= 15 is 0 Å². The smallest absolute Gasteiger partial charge is 0.323 e. The molecule has 0 radical (unpaired) electrons. The van der Waals surface area contributed by atoms with E-state index < -0.39 is 0 Å².